The van der Waals surface area contributed by atoms with Crippen LogP contribution in [0.4, 0.5) is 0 Å². The smallest absolute Gasteiger partial charge is 0.211 e. The van der Waals surface area contributed by atoms with Crippen molar-refractivity contribution < 1.29 is 9.90 Å². The Balaban J connectivity index is 2.48. The summed E-state index contributed by atoms with van der Waals surface area (Å²) in [5, 5.41) is 13.9. The Bertz CT molecular complexity index is 550. The zero-order valence-electron chi connectivity index (χ0n) is 8.42. The maximum atomic E-state index is 10.0. The van der Waals surface area contributed by atoms with Crippen LogP contribution in [0.15, 0.2) is 36.7 Å². The number of benzene rings is 1. The van der Waals surface area contributed by atoms with E-state index in [1.165, 1.54) is 12.3 Å². The van der Waals surface area contributed by atoms with Crippen LogP contribution in [0, 0.1) is 0 Å². The second-order valence-electron chi connectivity index (χ2n) is 3.20. The summed E-state index contributed by atoms with van der Waals surface area (Å²) in [6, 6.07) is 7.42. The third-order valence-corrected chi connectivity index (χ3v) is 2.21. The van der Waals surface area contributed by atoms with E-state index in [9.17, 15) is 9.90 Å². The molecule has 2 rings (SSSR count). The summed E-state index contributed by atoms with van der Waals surface area (Å²) < 4.78 is 0. The van der Waals surface area contributed by atoms with Gasteiger partial charge in [0.1, 0.15) is 11.4 Å². The largest absolute Gasteiger partial charge is 0.505 e. The average Bonchev–Trinajstić information content (AvgIpc) is 2.33. The Morgan fingerprint density at radius 3 is 2.94 bits per heavy atom. The maximum absolute atomic E-state index is 10.0. The third-order valence-electron chi connectivity index (χ3n) is 2.21. The van der Waals surface area contributed by atoms with E-state index in [1.807, 2.05) is 24.3 Å². The SMILES string of the molecule is O=CN/C=C/c1ncc2ccccc2c1O. The van der Waals surface area contributed by atoms with Gasteiger partial charge in [0.15, 0.2) is 0 Å². The molecule has 4 nitrogen and oxygen atoms in total. The summed E-state index contributed by atoms with van der Waals surface area (Å²) in [5.74, 6) is 0.113. The lowest BCUT2D eigenvalue weighted by Gasteiger charge is -2.02. The first-order chi connectivity index (χ1) is 7.83. The molecule has 0 aliphatic rings. The molecule has 1 aromatic carbocycles. The highest BCUT2D eigenvalue weighted by Gasteiger charge is 2.04. The molecule has 1 heterocycles. The Morgan fingerprint density at radius 2 is 2.12 bits per heavy atom. The first kappa shape index (κ1) is 10.2. The maximum Gasteiger partial charge on any atom is 0.211 e. The summed E-state index contributed by atoms with van der Waals surface area (Å²) in [5.41, 5.74) is 0.424. The van der Waals surface area contributed by atoms with Crippen molar-refractivity contribution in [1.29, 1.82) is 0 Å². The van der Waals surface area contributed by atoms with Crippen LogP contribution in [0.1, 0.15) is 5.69 Å². The molecule has 16 heavy (non-hydrogen) atoms. The minimum absolute atomic E-state index is 0.113. The Labute approximate surface area is 92.2 Å². The summed E-state index contributed by atoms with van der Waals surface area (Å²) in [6.07, 6.45) is 5.18. The number of aromatic hydroxyl groups is 1. The highest BCUT2D eigenvalue weighted by Crippen LogP contribution is 2.27. The van der Waals surface area contributed by atoms with Crippen LogP contribution in [0.5, 0.6) is 5.75 Å². The molecule has 2 N–H and O–H groups in total. The third kappa shape index (κ3) is 1.86. The van der Waals surface area contributed by atoms with Crippen LogP contribution in [0.25, 0.3) is 16.8 Å². The van der Waals surface area contributed by atoms with Gasteiger partial charge in [-0.3, -0.25) is 9.78 Å². The van der Waals surface area contributed by atoms with Gasteiger partial charge in [-0.1, -0.05) is 24.3 Å². The van der Waals surface area contributed by atoms with Gasteiger partial charge in [0.2, 0.25) is 6.41 Å². The van der Waals surface area contributed by atoms with Crippen molar-refractivity contribution in [3.05, 3.63) is 42.4 Å². The zero-order valence-corrected chi connectivity index (χ0v) is 8.42. The minimum atomic E-state index is 0.113. The zero-order chi connectivity index (χ0) is 11.4. The first-order valence-corrected chi connectivity index (χ1v) is 4.76. The number of nitrogens with one attached hydrogen (secondary N) is 1. The monoisotopic (exact) mass is 214 g/mol. The lowest BCUT2D eigenvalue weighted by Crippen LogP contribution is -1.98. The summed E-state index contributed by atoms with van der Waals surface area (Å²) in [7, 11) is 0. The molecule has 1 amide bonds. The van der Waals surface area contributed by atoms with Crippen molar-refractivity contribution in [3.63, 3.8) is 0 Å². The topological polar surface area (TPSA) is 62.2 Å². The van der Waals surface area contributed by atoms with Gasteiger partial charge in [-0.05, 0) is 6.08 Å². The van der Waals surface area contributed by atoms with E-state index in [0.29, 0.717) is 12.1 Å². The minimum Gasteiger partial charge on any atom is -0.505 e. The fourth-order valence-corrected chi connectivity index (χ4v) is 1.45. The summed E-state index contributed by atoms with van der Waals surface area (Å²) >= 11 is 0. The number of hydrogen-bond acceptors (Lipinski definition) is 3. The molecule has 0 radical (unpaired) electrons. The number of carbonyl (C=O) groups is 1. The highest BCUT2D eigenvalue weighted by atomic mass is 16.3. The number of hydrogen-bond donors (Lipinski definition) is 2. The van der Waals surface area contributed by atoms with E-state index in [2.05, 4.69) is 10.3 Å². The Hall–Kier alpha value is -2.36. The molecular weight excluding hydrogens is 204 g/mol. The van der Waals surface area contributed by atoms with E-state index in [4.69, 9.17) is 0 Å². The van der Waals surface area contributed by atoms with Crippen LogP contribution in [-0.2, 0) is 4.79 Å². The van der Waals surface area contributed by atoms with Crippen molar-refractivity contribution in [2.75, 3.05) is 0 Å². The van der Waals surface area contributed by atoms with Crippen molar-refractivity contribution >= 4 is 23.3 Å². The molecule has 0 fully saturated rings. The molecule has 0 aliphatic carbocycles. The van der Waals surface area contributed by atoms with Gasteiger partial charge < -0.3 is 10.4 Å². The van der Waals surface area contributed by atoms with Crippen molar-refractivity contribution in [3.8, 4) is 5.75 Å². The lowest BCUT2D eigenvalue weighted by molar-refractivity contribution is -0.108. The molecule has 0 spiro atoms. The molecule has 2 aromatic rings. The molecule has 0 atom stereocenters. The van der Waals surface area contributed by atoms with Gasteiger partial charge in [0.25, 0.3) is 0 Å². The normalized spacial score (nSPS) is 10.8. The molecule has 0 unspecified atom stereocenters. The molecule has 80 valence electrons. The van der Waals surface area contributed by atoms with Gasteiger partial charge in [-0.2, -0.15) is 0 Å². The van der Waals surface area contributed by atoms with Crippen LogP contribution in [0.2, 0.25) is 0 Å². The average molecular weight is 214 g/mol. The van der Waals surface area contributed by atoms with Crippen molar-refractivity contribution in [2.24, 2.45) is 0 Å². The Kier molecular flexibility index (Phi) is 2.82. The number of pyridine rings is 1. The van der Waals surface area contributed by atoms with Gasteiger partial charge in [-0.25, -0.2) is 0 Å². The fraction of sp³-hybridized carbons (Fsp3) is 0. The Morgan fingerprint density at radius 1 is 1.31 bits per heavy atom. The van der Waals surface area contributed by atoms with Crippen LogP contribution >= 0.6 is 0 Å². The fourth-order valence-electron chi connectivity index (χ4n) is 1.45. The van der Waals surface area contributed by atoms with Crippen molar-refractivity contribution in [2.45, 2.75) is 0 Å². The number of fused-ring (bicyclic) bond motifs is 1. The van der Waals surface area contributed by atoms with Crippen LogP contribution in [0.3, 0.4) is 0 Å². The van der Waals surface area contributed by atoms with Crippen molar-refractivity contribution in [1.82, 2.24) is 10.3 Å². The second kappa shape index (κ2) is 4.44. The molecule has 0 aliphatic heterocycles. The summed E-state index contributed by atoms with van der Waals surface area (Å²) in [6.45, 7) is 0. The molecule has 0 saturated heterocycles. The predicted octanol–water partition coefficient (Wildman–Crippen LogP) is 1.66. The number of nitrogens with zero attached hydrogens (tertiary/aromatic N) is 1. The lowest BCUT2D eigenvalue weighted by atomic mass is 10.1. The van der Waals surface area contributed by atoms with E-state index in [1.54, 1.807) is 6.20 Å². The second-order valence-corrected chi connectivity index (χ2v) is 3.20. The van der Waals surface area contributed by atoms with Gasteiger partial charge in [-0.15, -0.1) is 0 Å². The molecule has 1 aromatic heterocycles. The molecule has 0 bridgehead atoms. The van der Waals surface area contributed by atoms with E-state index >= 15 is 0 Å². The quantitative estimate of drug-likeness (QED) is 0.764. The number of aromatic nitrogens is 1. The van der Waals surface area contributed by atoms with E-state index in [0.717, 1.165) is 10.8 Å². The number of carbonyl (C=O) groups excluding carboxylic acids is 1. The van der Waals surface area contributed by atoms with E-state index in [-0.39, 0.29) is 5.75 Å². The standard InChI is InChI=1S/C12H10N2O2/c15-8-13-6-5-11-12(16)10-4-2-1-3-9(10)7-14-11/h1-8,16H,(H,13,15)/b6-5+. The summed E-state index contributed by atoms with van der Waals surface area (Å²) in [4.78, 5) is 14.1. The molecule has 0 saturated carbocycles. The van der Waals surface area contributed by atoms with Crippen LogP contribution < -0.4 is 5.32 Å². The number of amides is 1. The van der Waals surface area contributed by atoms with E-state index < -0.39 is 0 Å². The molecular formula is C12H10N2O2. The van der Waals surface area contributed by atoms with Gasteiger partial charge in [0, 0.05) is 23.2 Å². The van der Waals surface area contributed by atoms with Crippen LogP contribution in [-0.4, -0.2) is 16.5 Å². The number of rotatable bonds is 3. The predicted molar refractivity (Wildman–Crippen MR) is 61.6 cm³/mol. The molecule has 4 heteroatoms. The van der Waals surface area contributed by atoms with Gasteiger partial charge >= 0.3 is 0 Å². The first-order valence-electron chi connectivity index (χ1n) is 4.76. The highest BCUT2D eigenvalue weighted by molar-refractivity contribution is 5.89. The van der Waals surface area contributed by atoms with Gasteiger partial charge in [0.05, 0.1) is 0 Å².